The SMILES string of the molecule is C[C@@H](O)C(=O)N1CCN(Cc2csc3c(-c4cccc5c4C=NC5)nc(N4CCCCC4)nc23)CC1.Cc1nc(N)ncc1-c1nc(N2CCCCC2)nc2c(CN3CCN(C(=O)[C@@H](C)O)CC3)csc12.Cc1nc(N)ncc1-c1nc(N2CCCCC2)nc2c(CN3CCN(C(=O)[C@H](C)O)CC3)csc12.Cc1sc2c(-c3cnc(N)nc3)nc(N3CCCCC3)nc2c1CN1CCN(C(=O)[C@H](C)O)CC1. The van der Waals surface area contributed by atoms with Crippen LogP contribution in [0.5, 0.6) is 0 Å². The Kier molecular flexibility index (Phi) is 31.7. The summed E-state index contributed by atoms with van der Waals surface area (Å²) in [4.78, 5) is 146. The highest BCUT2D eigenvalue weighted by atomic mass is 32.1. The summed E-state index contributed by atoms with van der Waals surface area (Å²) in [5.74, 6) is 3.09. The van der Waals surface area contributed by atoms with Gasteiger partial charge in [0.05, 0.1) is 81.6 Å². The first kappa shape index (κ1) is 99.6. The molecule has 1 aromatic carbocycles. The van der Waals surface area contributed by atoms with Crippen LogP contribution in [-0.2, 0) is 51.9 Å². The molecule has 0 saturated carbocycles. The molecule has 42 heteroatoms. The van der Waals surface area contributed by atoms with Crippen molar-refractivity contribution >= 4 is 158 Å². The van der Waals surface area contributed by atoms with Gasteiger partial charge in [-0.25, -0.2) is 69.8 Å². The van der Waals surface area contributed by atoms with Gasteiger partial charge in [0, 0.05) is 269 Å². The van der Waals surface area contributed by atoms with Crippen molar-refractivity contribution in [3.63, 3.8) is 0 Å². The van der Waals surface area contributed by atoms with E-state index in [9.17, 15) is 39.6 Å². The van der Waals surface area contributed by atoms with E-state index in [4.69, 9.17) is 57.1 Å². The third-order valence-electron chi connectivity index (χ3n) is 27.9. The Morgan fingerprint density at radius 3 is 1.01 bits per heavy atom. The number of aliphatic imine (C=N–C) groups is 1. The second-order valence-electron chi connectivity index (χ2n) is 38.1. The Labute approximate surface area is 836 Å². The van der Waals surface area contributed by atoms with Crippen molar-refractivity contribution in [2.24, 2.45) is 4.99 Å². The molecule has 0 radical (unpaired) electrons. The van der Waals surface area contributed by atoms with Crippen LogP contribution in [0.3, 0.4) is 0 Å². The zero-order valence-electron chi connectivity index (χ0n) is 81.5. The van der Waals surface area contributed by atoms with Gasteiger partial charge in [0.25, 0.3) is 23.6 Å². The van der Waals surface area contributed by atoms with Crippen LogP contribution in [0.15, 0.2) is 64.1 Å². The number of thiophene rings is 4. The molecule has 141 heavy (non-hydrogen) atoms. The van der Waals surface area contributed by atoms with Crippen molar-refractivity contribution in [3.8, 4) is 45.0 Å². The molecular formula is C99H128N30O8S4. The molecule has 0 unspecified atom stereocenters. The van der Waals surface area contributed by atoms with Crippen molar-refractivity contribution in [1.82, 2.24) is 109 Å². The minimum Gasteiger partial charge on any atom is -0.384 e. The van der Waals surface area contributed by atoms with Crippen molar-refractivity contribution in [3.05, 3.63) is 109 Å². The minimum absolute atomic E-state index is 0.182. The number of fused-ring (bicyclic) bond motifs is 5. The van der Waals surface area contributed by atoms with E-state index in [1.54, 1.807) is 89.7 Å². The number of aromatic nitrogens is 14. The number of hydrogen-bond donors (Lipinski definition) is 7. The molecule has 0 spiro atoms. The number of nitrogens with zero attached hydrogens (tertiary/aromatic N) is 27. The summed E-state index contributed by atoms with van der Waals surface area (Å²) in [5.41, 5.74) is 37.4. The molecule has 9 aliphatic rings. The predicted octanol–water partition coefficient (Wildman–Crippen LogP) is 9.47. The first-order valence-electron chi connectivity index (χ1n) is 49.6. The maximum atomic E-state index is 12.2. The van der Waals surface area contributed by atoms with Crippen molar-refractivity contribution in [2.45, 2.75) is 183 Å². The third kappa shape index (κ3) is 22.9. The second-order valence-corrected chi connectivity index (χ2v) is 41.9. The van der Waals surface area contributed by atoms with Crippen molar-refractivity contribution in [2.75, 3.05) is 194 Å². The Balaban J connectivity index is 0.000000124. The van der Waals surface area contributed by atoms with E-state index in [2.05, 4.69) is 115 Å². The van der Waals surface area contributed by atoms with Gasteiger partial charge in [0.2, 0.25) is 41.6 Å². The maximum Gasteiger partial charge on any atom is 0.251 e. The van der Waals surface area contributed by atoms with Crippen LogP contribution >= 0.6 is 45.3 Å². The van der Waals surface area contributed by atoms with Crippen LogP contribution in [0, 0.1) is 20.8 Å². The fourth-order valence-electron chi connectivity index (χ4n) is 19.9. The molecule has 21 rings (SSSR count). The number of anilines is 7. The number of nitrogens with two attached hydrogens (primary N) is 3. The minimum atomic E-state index is -0.953. The van der Waals surface area contributed by atoms with E-state index in [-0.39, 0.29) is 41.5 Å². The second kappa shape index (κ2) is 44.9. The smallest absolute Gasteiger partial charge is 0.251 e. The molecule has 0 aliphatic carbocycles. The average molecular weight is 1990 g/mol. The number of nitrogen functional groups attached to an aromatic ring is 3. The normalized spacial score (nSPS) is 18.5. The maximum absolute atomic E-state index is 12.2. The molecule has 12 aromatic rings. The lowest BCUT2D eigenvalue weighted by molar-refractivity contribution is -0.141. The Morgan fingerprint density at radius 2 is 0.674 bits per heavy atom. The number of piperazine rings is 4. The summed E-state index contributed by atoms with van der Waals surface area (Å²) >= 11 is 6.72. The van der Waals surface area contributed by atoms with E-state index >= 15 is 0 Å². The number of benzene rings is 1. The van der Waals surface area contributed by atoms with Crippen LogP contribution in [0.4, 0.5) is 41.6 Å². The molecule has 746 valence electrons. The molecule has 20 heterocycles. The molecule has 4 amide bonds. The Bertz CT molecular complexity index is 6290. The number of aliphatic hydroxyl groups is 4. The predicted molar refractivity (Wildman–Crippen MR) is 555 cm³/mol. The number of carbonyl (C=O) groups is 4. The van der Waals surface area contributed by atoms with Crippen LogP contribution in [0.1, 0.15) is 154 Å². The van der Waals surface area contributed by atoms with Gasteiger partial charge in [-0.1, -0.05) is 18.2 Å². The van der Waals surface area contributed by atoms with Gasteiger partial charge in [0.15, 0.2) is 0 Å². The molecule has 11 aromatic heterocycles. The van der Waals surface area contributed by atoms with Gasteiger partial charge >= 0.3 is 0 Å². The van der Waals surface area contributed by atoms with E-state index in [0.717, 1.165) is 308 Å². The molecule has 0 bridgehead atoms. The summed E-state index contributed by atoms with van der Waals surface area (Å²) in [6.07, 6.45) is 19.4. The molecule has 8 fully saturated rings. The summed E-state index contributed by atoms with van der Waals surface area (Å²) in [7, 11) is 0. The van der Waals surface area contributed by atoms with E-state index in [1.807, 2.05) is 20.1 Å². The highest BCUT2D eigenvalue weighted by molar-refractivity contribution is 7.20. The lowest BCUT2D eigenvalue weighted by atomic mass is 10.0. The highest BCUT2D eigenvalue weighted by Gasteiger charge is 2.35. The molecular weight excluding hydrogens is 1870 g/mol. The number of hydrogen-bond acceptors (Lipinski definition) is 38. The topological polar surface area (TPSA) is 459 Å². The summed E-state index contributed by atoms with van der Waals surface area (Å²) in [6, 6.07) is 6.42. The average Bonchev–Trinajstić information content (AvgIpc) is 1.67. The monoisotopic (exact) mass is 1990 g/mol. The number of piperidine rings is 4. The number of aryl methyl sites for hydroxylation is 3. The largest absolute Gasteiger partial charge is 0.384 e. The van der Waals surface area contributed by atoms with Crippen LogP contribution in [0.2, 0.25) is 0 Å². The van der Waals surface area contributed by atoms with Gasteiger partial charge in [0.1, 0.15) is 24.4 Å². The molecule has 10 N–H and O–H groups in total. The third-order valence-corrected chi connectivity index (χ3v) is 32.1. The van der Waals surface area contributed by atoms with E-state index in [0.29, 0.717) is 52.4 Å². The molecule has 8 saturated heterocycles. The molecule has 9 aliphatic heterocycles. The zero-order chi connectivity index (χ0) is 98.2. The van der Waals surface area contributed by atoms with Crippen LogP contribution in [0.25, 0.3) is 85.9 Å². The summed E-state index contributed by atoms with van der Waals surface area (Å²) in [6.45, 7) is 34.8. The fourth-order valence-corrected chi connectivity index (χ4v) is 24.1. The highest BCUT2D eigenvalue weighted by Crippen LogP contribution is 2.44. The quantitative estimate of drug-likeness (QED) is 0.0373. The number of carbonyl (C=O) groups excluding carboxylic acids is 4. The number of rotatable bonds is 20. The summed E-state index contributed by atoms with van der Waals surface area (Å²) in [5, 5.41) is 45.1. The van der Waals surface area contributed by atoms with Gasteiger partial charge in [-0.15, -0.1) is 45.3 Å². The zero-order valence-corrected chi connectivity index (χ0v) is 84.8. The molecule has 38 nitrogen and oxygen atoms in total. The first-order chi connectivity index (χ1) is 68.3. The lowest BCUT2D eigenvalue weighted by Crippen LogP contribution is -2.50. The van der Waals surface area contributed by atoms with Crippen molar-refractivity contribution in [1.29, 1.82) is 0 Å². The van der Waals surface area contributed by atoms with E-state index < -0.39 is 24.4 Å². The Hall–Kier alpha value is -11.6. The van der Waals surface area contributed by atoms with Crippen LogP contribution < -0.4 is 36.8 Å². The van der Waals surface area contributed by atoms with Crippen LogP contribution in [-0.4, -0.2) is 341 Å². The van der Waals surface area contributed by atoms with Gasteiger partial charge in [-0.3, -0.25) is 43.8 Å². The Morgan fingerprint density at radius 1 is 0.355 bits per heavy atom. The number of aliphatic hydroxyl groups excluding tert-OH is 4. The molecule has 4 atom stereocenters. The standard InChI is InChI=1S/C27H32N6O2S.3C24H32N8O2S/c1-18(34)26(35)32-12-10-31(11-13-32)16-20-17-36-25-23(20)29-27(33-8-3-2-4-9-33)30-24(25)21-7-5-6-19-14-28-15-22(19)21;2*1-15-18(12-26-23(25)27-15)20-21-19(28-24(29-20)32-6-4-3-5-7-32)17(14-35-21)13-30-8-10-31(11-9-30)22(34)16(2)33;1-15(33)22(34)31-10-8-30(9-11-31)14-18-16(2)35-21-19(17-12-26-23(25)27-13-17)28-24(29-20(18)21)32-6-4-3-5-7-32/h5-7,15,17-18,34H,2-4,8-14,16H2,1H3;2*12,14,16,33H,3-11,13H2,1-2H3,(H2,25,26,27);12-13,15,33H,3-11,14H2,1-2H3,(H2,25,26,27)/t18-;2*16-;15-/m1100/s1. The number of amides is 4. The lowest BCUT2D eigenvalue weighted by Gasteiger charge is -2.35. The first-order valence-corrected chi connectivity index (χ1v) is 53.1. The van der Waals surface area contributed by atoms with Gasteiger partial charge < -0.3 is 76.8 Å². The fraction of sp³-hybridized carbons (Fsp3) is 0.525. The van der Waals surface area contributed by atoms with E-state index in [1.165, 1.54) is 93.4 Å². The summed E-state index contributed by atoms with van der Waals surface area (Å²) < 4.78 is 4.22. The van der Waals surface area contributed by atoms with Gasteiger partial charge in [-0.05, 0) is 147 Å². The van der Waals surface area contributed by atoms with Crippen molar-refractivity contribution < 1.29 is 39.6 Å². The van der Waals surface area contributed by atoms with Gasteiger partial charge in [-0.2, -0.15) is 0 Å².